The zero-order valence-corrected chi connectivity index (χ0v) is 16.3. The largest absolute Gasteiger partial charge is 0.342 e. The van der Waals surface area contributed by atoms with E-state index in [1.54, 1.807) is 0 Å². The lowest BCUT2D eigenvalue weighted by Gasteiger charge is -2.18. The Morgan fingerprint density at radius 1 is 1.33 bits per heavy atom. The quantitative estimate of drug-likeness (QED) is 0.737. The van der Waals surface area contributed by atoms with Gasteiger partial charge in [-0.1, -0.05) is 12.2 Å². The van der Waals surface area contributed by atoms with Crippen LogP contribution in [0.2, 0.25) is 0 Å². The molecule has 0 saturated carbocycles. The third kappa shape index (κ3) is 3.90. The second-order valence-electron chi connectivity index (χ2n) is 8.08. The number of allylic oxidation sites excluding steroid dienone is 2. The minimum absolute atomic E-state index is 0.295. The lowest BCUT2D eigenvalue weighted by Crippen LogP contribution is -2.29. The van der Waals surface area contributed by atoms with Crippen molar-refractivity contribution >= 4 is 16.9 Å². The van der Waals surface area contributed by atoms with Gasteiger partial charge in [-0.25, -0.2) is 9.67 Å². The highest BCUT2D eigenvalue weighted by Gasteiger charge is 2.31. The predicted octanol–water partition coefficient (Wildman–Crippen LogP) is 2.67. The fourth-order valence-corrected chi connectivity index (χ4v) is 4.21. The highest BCUT2D eigenvalue weighted by Crippen LogP contribution is 2.32. The highest BCUT2D eigenvalue weighted by molar-refractivity contribution is 5.80. The first-order valence-corrected chi connectivity index (χ1v) is 10.0. The molecule has 2 atom stereocenters. The van der Waals surface area contributed by atoms with E-state index in [1.807, 2.05) is 21.8 Å². The van der Waals surface area contributed by atoms with Crippen molar-refractivity contribution in [2.24, 2.45) is 5.92 Å². The van der Waals surface area contributed by atoms with E-state index in [1.165, 1.54) is 0 Å². The molecule has 0 spiro atoms. The summed E-state index contributed by atoms with van der Waals surface area (Å²) in [5.74, 6) is 1.04. The molecule has 0 aromatic carbocycles. The number of amides is 1. The van der Waals surface area contributed by atoms with Gasteiger partial charge in [-0.2, -0.15) is 5.10 Å². The molecule has 2 unspecified atom stereocenters. The summed E-state index contributed by atoms with van der Waals surface area (Å²) in [6, 6.07) is 4.10. The van der Waals surface area contributed by atoms with Crippen LogP contribution < -0.4 is 0 Å². The third-order valence-corrected chi connectivity index (χ3v) is 5.77. The Balaban J connectivity index is 1.49. The van der Waals surface area contributed by atoms with Gasteiger partial charge < -0.3 is 9.80 Å². The van der Waals surface area contributed by atoms with Crippen LogP contribution in [0.1, 0.15) is 37.3 Å². The van der Waals surface area contributed by atoms with Crippen LogP contribution >= 0.6 is 0 Å². The smallest absolute Gasteiger partial charge is 0.223 e. The van der Waals surface area contributed by atoms with E-state index in [-0.39, 0.29) is 0 Å². The maximum Gasteiger partial charge on any atom is 0.223 e. The molecule has 1 aliphatic heterocycles. The fourth-order valence-electron chi connectivity index (χ4n) is 4.21. The molecular weight excluding hydrogens is 338 g/mol. The summed E-state index contributed by atoms with van der Waals surface area (Å²) in [5.41, 5.74) is 2.06. The average molecular weight is 367 g/mol. The normalized spacial score (nSPS) is 22.4. The number of fused-ring (bicyclic) bond motifs is 1. The SMILES string of the molecule is CN(C)CCn1nc(C2CCN(C(=O)CC3C=CCC3)C2)c2cccnc21. The highest BCUT2D eigenvalue weighted by atomic mass is 16.2. The Hall–Kier alpha value is -2.21. The van der Waals surface area contributed by atoms with Crippen molar-refractivity contribution in [2.45, 2.75) is 38.1 Å². The number of likely N-dealkylation sites (N-methyl/N-ethyl adjacent to an activating group) is 1. The Kier molecular flexibility index (Phi) is 5.25. The second kappa shape index (κ2) is 7.80. The maximum absolute atomic E-state index is 12.7. The molecule has 0 N–H and O–H groups in total. The van der Waals surface area contributed by atoms with Gasteiger partial charge in [0.05, 0.1) is 12.2 Å². The number of hydrogen-bond acceptors (Lipinski definition) is 4. The van der Waals surface area contributed by atoms with Gasteiger partial charge in [0.25, 0.3) is 0 Å². The number of carbonyl (C=O) groups is 1. The number of pyridine rings is 1. The zero-order chi connectivity index (χ0) is 18.8. The lowest BCUT2D eigenvalue weighted by molar-refractivity contribution is -0.130. The van der Waals surface area contributed by atoms with Gasteiger partial charge in [0.15, 0.2) is 5.65 Å². The first kappa shape index (κ1) is 18.2. The van der Waals surface area contributed by atoms with E-state index in [0.29, 0.717) is 24.2 Å². The number of likely N-dealkylation sites (tertiary alicyclic amines) is 1. The Morgan fingerprint density at radius 2 is 2.22 bits per heavy atom. The number of hydrogen-bond donors (Lipinski definition) is 0. The van der Waals surface area contributed by atoms with Crippen molar-refractivity contribution in [1.29, 1.82) is 0 Å². The monoisotopic (exact) mass is 367 g/mol. The molecule has 1 amide bonds. The molecule has 3 heterocycles. The Labute approximate surface area is 160 Å². The van der Waals surface area contributed by atoms with Crippen LogP contribution in [-0.4, -0.2) is 64.2 Å². The molecule has 0 radical (unpaired) electrons. The minimum Gasteiger partial charge on any atom is -0.342 e. The third-order valence-electron chi connectivity index (χ3n) is 5.77. The summed E-state index contributed by atoms with van der Waals surface area (Å²) in [6.45, 7) is 3.37. The van der Waals surface area contributed by atoms with Gasteiger partial charge in [0.1, 0.15) is 0 Å². The van der Waals surface area contributed by atoms with Crippen LogP contribution in [0.15, 0.2) is 30.5 Å². The number of rotatable bonds is 6. The summed E-state index contributed by atoms with van der Waals surface area (Å²) in [4.78, 5) is 21.4. The summed E-state index contributed by atoms with van der Waals surface area (Å²) in [6.07, 6.45) is 10.1. The van der Waals surface area contributed by atoms with Crippen LogP contribution in [0, 0.1) is 5.92 Å². The first-order chi connectivity index (χ1) is 13.1. The Bertz CT molecular complexity index is 840. The molecule has 1 aliphatic carbocycles. The summed E-state index contributed by atoms with van der Waals surface area (Å²) in [5, 5.41) is 6.05. The average Bonchev–Trinajstić information content (AvgIpc) is 3.39. The zero-order valence-electron chi connectivity index (χ0n) is 16.3. The van der Waals surface area contributed by atoms with E-state index in [9.17, 15) is 4.79 Å². The second-order valence-corrected chi connectivity index (χ2v) is 8.08. The number of aromatic nitrogens is 3. The standard InChI is InChI=1S/C21H29N5O/c1-24(2)12-13-26-21-18(8-5-10-22-21)20(23-26)17-9-11-25(15-17)19(27)14-16-6-3-4-7-16/h3,5-6,8,10,16-17H,4,7,9,11-15H2,1-2H3. The summed E-state index contributed by atoms with van der Waals surface area (Å²) in [7, 11) is 4.14. The number of nitrogens with zero attached hydrogens (tertiary/aromatic N) is 5. The molecule has 2 aliphatic rings. The molecular formula is C21H29N5O. The molecule has 1 saturated heterocycles. The van der Waals surface area contributed by atoms with Crippen LogP contribution in [0.5, 0.6) is 0 Å². The molecule has 1 fully saturated rings. The van der Waals surface area contributed by atoms with Crippen molar-refractivity contribution in [2.75, 3.05) is 33.7 Å². The van der Waals surface area contributed by atoms with Crippen LogP contribution in [0.3, 0.4) is 0 Å². The first-order valence-electron chi connectivity index (χ1n) is 10.0. The molecule has 144 valence electrons. The van der Waals surface area contributed by atoms with Crippen molar-refractivity contribution in [3.8, 4) is 0 Å². The van der Waals surface area contributed by atoms with E-state index in [2.05, 4.69) is 42.2 Å². The van der Waals surface area contributed by atoms with Gasteiger partial charge in [-0.15, -0.1) is 0 Å². The van der Waals surface area contributed by atoms with Crippen LogP contribution in [0.25, 0.3) is 11.0 Å². The molecule has 2 aromatic rings. The molecule has 4 rings (SSSR count). The number of carbonyl (C=O) groups excluding carboxylic acids is 1. The minimum atomic E-state index is 0.295. The van der Waals surface area contributed by atoms with Gasteiger partial charge in [0, 0.05) is 43.6 Å². The maximum atomic E-state index is 12.7. The van der Waals surface area contributed by atoms with Crippen molar-refractivity contribution in [1.82, 2.24) is 24.6 Å². The molecule has 6 nitrogen and oxygen atoms in total. The predicted molar refractivity (Wildman–Crippen MR) is 107 cm³/mol. The van der Waals surface area contributed by atoms with Crippen molar-refractivity contribution in [3.63, 3.8) is 0 Å². The van der Waals surface area contributed by atoms with E-state index >= 15 is 0 Å². The van der Waals surface area contributed by atoms with Crippen LogP contribution in [-0.2, 0) is 11.3 Å². The van der Waals surface area contributed by atoms with Crippen LogP contribution in [0.4, 0.5) is 0 Å². The van der Waals surface area contributed by atoms with E-state index in [4.69, 9.17) is 5.10 Å². The van der Waals surface area contributed by atoms with Crippen molar-refractivity contribution < 1.29 is 4.79 Å². The molecule has 6 heteroatoms. The van der Waals surface area contributed by atoms with Crippen molar-refractivity contribution in [3.05, 3.63) is 36.2 Å². The summed E-state index contributed by atoms with van der Waals surface area (Å²) < 4.78 is 2.03. The lowest BCUT2D eigenvalue weighted by atomic mass is 10.0. The van der Waals surface area contributed by atoms with Gasteiger partial charge in [-0.05, 0) is 51.4 Å². The van der Waals surface area contributed by atoms with E-state index < -0.39 is 0 Å². The van der Waals surface area contributed by atoms with Gasteiger partial charge >= 0.3 is 0 Å². The molecule has 27 heavy (non-hydrogen) atoms. The van der Waals surface area contributed by atoms with Gasteiger partial charge in [-0.3, -0.25) is 4.79 Å². The van der Waals surface area contributed by atoms with E-state index in [0.717, 1.165) is 62.2 Å². The molecule has 0 bridgehead atoms. The summed E-state index contributed by atoms with van der Waals surface area (Å²) >= 11 is 0. The Morgan fingerprint density at radius 3 is 3.00 bits per heavy atom. The topological polar surface area (TPSA) is 54.3 Å². The van der Waals surface area contributed by atoms with Gasteiger partial charge in [0.2, 0.25) is 5.91 Å². The molecule has 2 aromatic heterocycles. The fraction of sp³-hybridized carbons (Fsp3) is 0.571.